The van der Waals surface area contributed by atoms with Gasteiger partial charge < -0.3 is 9.30 Å². The predicted octanol–water partition coefficient (Wildman–Crippen LogP) is 3.65. The standard InChI is InChI=1S/C21H18BrN3O3S/c1-23-17-15(20(26)24(2)21(23)27)16(12-6-3-4-7-13(12)22)25-9-10-28-19(18(17)25)14-8-5-11-29-14/h3-8,11,19H,9-10H2,1-2H3. The first-order valence-electron chi connectivity index (χ1n) is 9.22. The lowest BCUT2D eigenvalue weighted by molar-refractivity contribution is 0.0500. The van der Waals surface area contributed by atoms with Crippen molar-refractivity contribution < 1.29 is 4.74 Å². The first-order valence-corrected chi connectivity index (χ1v) is 10.9. The second kappa shape index (κ2) is 6.83. The molecule has 148 valence electrons. The van der Waals surface area contributed by atoms with Crippen LogP contribution in [0, 0.1) is 0 Å². The molecular weight excluding hydrogens is 454 g/mol. The Morgan fingerprint density at radius 1 is 1.10 bits per heavy atom. The van der Waals surface area contributed by atoms with Gasteiger partial charge in [0.2, 0.25) is 0 Å². The van der Waals surface area contributed by atoms with Gasteiger partial charge in [0.15, 0.2) is 0 Å². The van der Waals surface area contributed by atoms with E-state index in [9.17, 15) is 9.59 Å². The van der Waals surface area contributed by atoms with E-state index in [1.165, 1.54) is 11.6 Å². The van der Waals surface area contributed by atoms with Crippen LogP contribution in [-0.4, -0.2) is 20.3 Å². The highest BCUT2D eigenvalue weighted by Gasteiger charge is 2.33. The lowest BCUT2D eigenvalue weighted by Gasteiger charge is -2.26. The number of aromatic nitrogens is 3. The number of hydrogen-bond acceptors (Lipinski definition) is 4. The Hall–Kier alpha value is -2.42. The topological polar surface area (TPSA) is 58.2 Å². The molecule has 1 aromatic carbocycles. The normalized spacial score (nSPS) is 16.3. The lowest BCUT2D eigenvalue weighted by Crippen LogP contribution is -2.37. The molecule has 8 heteroatoms. The third-order valence-electron chi connectivity index (χ3n) is 5.48. The Labute approximate surface area is 178 Å². The van der Waals surface area contributed by atoms with E-state index in [4.69, 9.17) is 4.74 Å². The van der Waals surface area contributed by atoms with Crippen LogP contribution in [0.1, 0.15) is 16.7 Å². The van der Waals surface area contributed by atoms with E-state index in [2.05, 4.69) is 20.5 Å². The van der Waals surface area contributed by atoms with Gasteiger partial charge in [0.25, 0.3) is 5.56 Å². The van der Waals surface area contributed by atoms with Crippen LogP contribution >= 0.6 is 27.3 Å². The molecule has 1 unspecified atom stereocenters. The van der Waals surface area contributed by atoms with Crippen molar-refractivity contribution in [1.29, 1.82) is 0 Å². The molecule has 0 N–H and O–H groups in total. The number of hydrogen-bond donors (Lipinski definition) is 0. The highest BCUT2D eigenvalue weighted by atomic mass is 79.9. The van der Waals surface area contributed by atoms with Gasteiger partial charge in [0.1, 0.15) is 6.10 Å². The van der Waals surface area contributed by atoms with Gasteiger partial charge in [-0.05, 0) is 17.5 Å². The summed E-state index contributed by atoms with van der Waals surface area (Å²) < 4.78 is 12.0. The summed E-state index contributed by atoms with van der Waals surface area (Å²) in [5, 5.41) is 2.55. The van der Waals surface area contributed by atoms with Gasteiger partial charge in [-0.2, -0.15) is 0 Å². The molecule has 3 aromatic heterocycles. The van der Waals surface area contributed by atoms with Gasteiger partial charge >= 0.3 is 5.69 Å². The average molecular weight is 472 g/mol. The van der Waals surface area contributed by atoms with E-state index in [0.717, 1.165) is 26.3 Å². The molecule has 29 heavy (non-hydrogen) atoms. The van der Waals surface area contributed by atoms with Crippen molar-refractivity contribution >= 4 is 38.2 Å². The molecular formula is C21H18BrN3O3S. The van der Waals surface area contributed by atoms with E-state index in [1.807, 2.05) is 41.8 Å². The van der Waals surface area contributed by atoms with E-state index >= 15 is 0 Å². The maximum Gasteiger partial charge on any atom is 0.331 e. The first kappa shape index (κ1) is 18.6. The Balaban J connectivity index is 2.01. The van der Waals surface area contributed by atoms with Crippen LogP contribution in [0.15, 0.2) is 55.8 Å². The largest absolute Gasteiger partial charge is 0.364 e. The second-order valence-electron chi connectivity index (χ2n) is 7.06. The summed E-state index contributed by atoms with van der Waals surface area (Å²) in [6, 6.07) is 11.9. The van der Waals surface area contributed by atoms with Crippen LogP contribution in [0.5, 0.6) is 0 Å². The molecule has 0 fully saturated rings. The summed E-state index contributed by atoms with van der Waals surface area (Å²) in [4.78, 5) is 27.1. The van der Waals surface area contributed by atoms with Crippen LogP contribution in [0.4, 0.5) is 0 Å². The molecule has 1 atom stereocenters. The number of rotatable bonds is 2. The van der Waals surface area contributed by atoms with Crippen LogP contribution in [-0.2, 0) is 25.4 Å². The zero-order valence-corrected chi connectivity index (χ0v) is 18.3. The van der Waals surface area contributed by atoms with Crippen molar-refractivity contribution in [2.75, 3.05) is 6.61 Å². The van der Waals surface area contributed by atoms with E-state index in [-0.39, 0.29) is 17.4 Å². The smallest absolute Gasteiger partial charge is 0.331 e. The third-order valence-corrected chi connectivity index (χ3v) is 7.09. The third kappa shape index (κ3) is 2.63. The minimum Gasteiger partial charge on any atom is -0.364 e. The first-order chi connectivity index (χ1) is 14.0. The second-order valence-corrected chi connectivity index (χ2v) is 8.89. The van der Waals surface area contributed by atoms with Crippen molar-refractivity contribution in [3.05, 3.63) is 77.7 Å². The fourth-order valence-corrected chi connectivity index (χ4v) is 5.42. The molecule has 5 rings (SSSR count). The number of halogens is 1. The number of benzene rings is 1. The van der Waals surface area contributed by atoms with Crippen LogP contribution in [0.25, 0.3) is 22.2 Å². The number of aryl methyl sites for hydroxylation is 1. The molecule has 0 amide bonds. The molecule has 0 aliphatic carbocycles. The highest BCUT2D eigenvalue weighted by molar-refractivity contribution is 9.10. The SMILES string of the molecule is Cn1c(=O)c2c(-c3ccccc3Br)n3c(c2n(C)c1=O)C(c1cccs1)OCC3. The van der Waals surface area contributed by atoms with E-state index in [0.29, 0.717) is 24.1 Å². The highest BCUT2D eigenvalue weighted by Crippen LogP contribution is 2.42. The minimum atomic E-state index is -0.343. The Morgan fingerprint density at radius 2 is 1.90 bits per heavy atom. The molecule has 0 saturated heterocycles. The fraction of sp³-hybridized carbons (Fsp3) is 0.238. The number of fused-ring (bicyclic) bond motifs is 3. The number of ether oxygens (including phenoxy) is 1. The van der Waals surface area contributed by atoms with Crippen LogP contribution in [0.3, 0.4) is 0 Å². The van der Waals surface area contributed by atoms with Crippen molar-refractivity contribution in [1.82, 2.24) is 13.7 Å². The summed E-state index contributed by atoms with van der Waals surface area (Å²) in [6.45, 7) is 1.14. The van der Waals surface area contributed by atoms with Gasteiger partial charge in [-0.25, -0.2) is 4.79 Å². The number of nitrogens with zero attached hydrogens (tertiary/aromatic N) is 3. The van der Waals surface area contributed by atoms with Crippen molar-refractivity contribution in [2.45, 2.75) is 12.6 Å². The maximum absolute atomic E-state index is 13.3. The number of thiophene rings is 1. The van der Waals surface area contributed by atoms with Crippen LogP contribution < -0.4 is 11.2 Å². The zero-order chi connectivity index (χ0) is 20.3. The summed E-state index contributed by atoms with van der Waals surface area (Å²) in [7, 11) is 3.24. The van der Waals surface area contributed by atoms with Crippen molar-refractivity contribution in [3.8, 4) is 11.3 Å². The molecule has 4 heterocycles. The minimum absolute atomic E-state index is 0.291. The monoisotopic (exact) mass is 471 g/mol. The van der Waals surface area contributed by atoms with Gasteiger partial charge in [0.05, 0.1) is 28.9 Å². The molecule has 0 bridgehead atoms. The molecule has 4 aromatic rings. The maximum atomic E-state index is 13.3. The van der Waals surface area contributed by atoms with Gasteiger partial charge in [-0.3, -0.25) is 13.9 Å². The Morgan fingerprint density at radius 3 is 2.62 bits per heavy atom. The van der Waals surface area contributed by atoms with Gasteiger partial charge in [0, 0.05) is 35.6 Å². The molecule has 1 aliphatic heterocycles. The Bertz CT molecular complexity index is 1360. The molecule has 0 radical (unpaired) electrons. The lowest BCUT2D eigenvalue weighted by atomic mass is 10.1. The summed E-state index contributed by atoms with van der Waals surface area (Å²) in [6.07, 6.45) is -0.319. The average Bonchev–Trinajstić information content (AvgIpc) is 3.37. The van der Waals surface area contributed by atoms with Gasteiger partial charge in [-0.15, -0.1) is 11.3 Å². The summed E-state index contributed by atoms with van der Waals surface area (Å²) >= 11 is 5.25. The van der Waals surface area contributed by atoms with Crippen LogP contribution in [0.2, 0.25) is 0 Å². The fourth-order valence-electron chi connectivity index (χ4n) is 4.17. The molecule has 0 saturated carbocycles. The molecule has 1 aliphatic rings. The Kier molecular flexibility index (Phi) is 4.38. The summed E-state index contributed by atoms with van der Waals surface area (Å²) in [5.41, 5.74) is 2.61. The zero-order valence-electron chi connectivity index (χ0n) is 15.9. The predicted molar refractivity (Wildman–Crippen MR) is 118 cm³/mol. The van der Waals surface area contributed by atoms with Gasteiger partial charge in [-0.1, -0.05) is 40.2 Å². The summed E-state index contributed by atoms with van der Waals surface area (Å²) in [5.74, 6) is 0. The molecule has 0 spiro atoms. The van der Waals surface area contributed by atoms with E-state index < -0.39 is 0 Å². The van der Waals surface area contributed by atoms with Crippen molar-refractivity contribution in [2.24, 2.45) is 14.1 Å². The molecule has 6 nitrogen and oxygen atoms in total. The quantitative estimate of drug-likeness (QED) is 0.448. The van der Waals surface area contributed by atoms with Crippen molar-refractivity contribution in [3.63, 3.8) is 0 Å². The van der Waals surface area contributed by atoms with E-state index in [1.54, 1.807) is 23.0 Å².